The van der Waals surface area contributed by atoms with Crippen molar-refractivity contribution in [3.8, 4) is 11.8 Å². The molecule has 0 heterocycles. The highest BCUT2D eigenvalue weighted by Gasteiger charge is 2.10. The van der Waals surface area contributed by atoms with Gasteiger partial charge in [0.25, 0.3) is 5.69 Å². The largest absolute Gasteiger partial charge is 0.476 e. The fraction of sp³-hybridized carbons (Fsp3) is 0.278. The van der Waals surface area contributed by atoms with E-state index in [1.54, 1.807) is 19.1 Å². The average molecular weight is 325 g/mol. The van der Waals surface area contributed by atoms with Crippen molar-refractivity contribution in [2.75, 3.05) is 5.32 Å². The molecule has 1 N–H and O–H groups in total. The third-order valence-electron chi connectivity index (χ3n) is 3.58. The van der Waals surface area contributed by atoms with E-state index in [4.69, 9.17) is 10.00 Å². The number of nitrogens with zero attached hydrogens (tertiary/aromatic N) is 2. The Labute approximate surface area is 140 Å². The molecule has 0 aliphatic carbocycles. The van der Waals surface area contributed by atoms with Gasteiger partial charge in [-0.1, -0.05) is 19.1 Å². The topological polar surface area (TPSA) is 88.2 Å². The van der Waals surface area contributed by atoms with Crippen molar-refractivity contribution in [3.63, 3.8) is 0 Å². The summed E-state index contributed by atoms with van der Waals surface area (Å²) in [5.74, 6) is 0.655. The summed E-state index contributed by atoms with van der Waals surface area (Å²) in [6.45, 7) is 4.17. The molecule has 1 atom stereocenters. The number of benzene rings is 2. The Morgan fingerprint density at radius 2 is 2.12 bits per heavy atom. The highest BCUT2D eigenvalue weighted by atomic mass is 16.6. The lowest BCUT2D eigenvalue weighted by Crippen LogP contribution is -2.12. The van der Waals surface area contributed by atoms with Gasteiger partial charge < -0.3 is 10.1 Å². The van der Waals surface area contributed by atoms with E-state index in [-0.39, 0.29) is 10.6 Å². The summed E-state index contributed by atoms with van der Waals surface area (Å²) < 4.78 is 5.60. The Balaban J connectivity index is 2.03. The van der Waals surface area contributed by atoms with Crippen molar-refractivity contribution >= 4 is 11.4 Å². The highest BCUT2D eigenvalue weighted by molar-refractivity contribution is 5.53. The van der Waals surface area contributed by atoms with Crippen LogP contribution in [0.25, 0.3) is 0 Å². The first-order chi connectivity index (χ1) is 11.5. The van der Waals surface area contributed by atoms with Gasteiger partial charge in [-0.25, -0.2) is 0 Å². The van der Waals surface area contributed by atoms with Gasteiger partial charge in [-0.2, -0.15) is 5.26 Å². The van der Waals surface area contributed by atoms with Crippen LogP contribution in [-0.2, 0) is 6.54 Å². The second-order valence-electron chi connectivity index (χ2n) is 5.40. The Hall–Kier alpha value is -3.07. The van der Waals surface area contributed by atoms with E-state index in [1.165, 1.54) is 6.07 Å². The molecule has 6 nitrogen and oxygen atoms in total. The Kier molecular flexibility index (Phi) is 5.74. The summed E-state index contributed by atoms with van der Waals surface area (Å²) in [5.41, 5.74) is 2.53. The molecule has 0 amide bonds. The van der Waals surface area contributed by atoms with Crippen LogP contribution in [0, 0.1) is 28.4 Å². The SMILES string of the molecule is CCC(C#N)Oc1cccc(CNc2ccc([N+](=O)[O-])c(C)c2)c1. The van der Waals surface area contributed by atoms with Crippen LogP contribution in [0.1, 0.15) is 24.5 Å². The third-order valence-corrected chi connectivity index (χ3v) is 3.58. The first-order valence-electron chi connectivity index (χ1n) is 7.67. The Morgan fingerprint density at radius 3 is 2.75 bits per heavy atom. The molecule has 0 bridgehead atoms. The zero-order valence-corrected chi connectivity index (χ0v) is 13.7. The number of ether oxygens (including phenoxy) is 1. The summed E-state index contributed by atoms with van der Waals surface area (Å²) in [7, 11) is 0. The molecule has 2 aromatic carbocycles. The van der Waals surface area contributed by atoms with Crippen LogP contribution >= 0.6 is 0 Å². The van der Waals surface area contributed by atoms with Crippen molar-refractivity contribution < 1.29 is 9.66 Å². The van der Waals surface area contributed by atoms with Crippen molar-refractivity contribution in [2.45, 2.75) is 32.9 Å². The molecule has 0 aliphatic rings. The predicted molar refractivity (Wildman–Crippen MR) is 91.9 cm³/mol. The number of hydrogen-bond acceptors (Lipinski definition) is 5. The van der Waals surface area contributed by atoms with E-state index in [1.807, 2.05) is 31.2 Å². The van der Waals surface area contributed by atoms with Gasteiger partial charge in [-0.15, -0.1) is 0 Å². The van der Waals surface area contributed by atoms with Gasteiger partial charge in [0.1, 0.15) is 11.8 Å². The molecule has 24 heavy (non-hydrogen) atoms. The van der Waals surface area contributed by atoms with Gasteiger partial charge in [0, 0.05) is 23.9 Å². The first kappa shape index (κ1) is 17.3. The fourth-order valence-corrected chi connectivity index (χ4v) is 2.27. The minimum atomic E-state index is -0.453. The molecule has 2 aromatic rings. The number of nitro groups is 1. The summed E-state index contributed by atoms with van der Waals surface area (Å²) >= 11 is 0. The molecule has 124 valence electrons. The van der Waals surface area contributed by atoms with Crippen molar-refractivity contribution in [3.05, 3.63) is 63.7 Å². The quantitative estimate of drug-likeness (QED) is 0.609. The van der Waals surface area contributed by atoms with Crippen molar-refractivity contribution in [1.82, 2.24) is 0 Å². The fourth-order valence-electron chi connectivity index (χ4n) is 2.27. The van der Waals surface area contributed by atoms with E-state index in [0.29, 0.717) is 24.3 Å². The van der Waals surface area contributed by atoms with E-state index in [0.717, 1.165) is 11.3 Å². The number of nitriles is 1. The molecule has 2 rings (SSSR count). The van der Waals surface area contributed by atoms with Gasteiger partial charge in [0.15, 0.2) is 6.10 Å². The smallest absolute Gasteiger partial charge is 0.272 e. The number of hydrogen-bond donors (Lipinski definition) is 1. The van der Waals surface area contributed by atoms with Crippen LogP contribution in [0.2, 0.25) is 0 Å². The van der Waals surface area contributed by atoms with Crippen LogP contribution in [0.3, 0.4) is 0 Å². The number of anilines is 1. The molecular formula is C18H19N3O3. The van der Waals surface area contributed by atoms with Crippen LogP contribution < -0.4 is 10.1 Å². The average Bonchev–Trinajstić information content (AvgIpc) is 2.58. The zero-order valence-electron chi connectivity index (χ0n) is 13.7. The van der Waals surface area contributed by atoms with Crippen molar-refractivity contribution in [1.29, 1.82) is 5.26 Å². The van der Waals surface area contributed by atoms with Gasteiger partial charge in [-0.3, -0.25) is 10.1 Å². The van der Waals surface area contributed by atoms with Crippen LogP contribution in [0.4, 0.5) is 11.4 Å². The van der Waals surface area contributed by atoms with E-state index >= 15 is 0 Å². The second-order valence-corrected chi connectivity index (χ2v) is 5.40. The monoisotopic (exact) mass is 325 g/mol. The van der Waals surface area contributed by atoms with Crippen LogP contribution in [0.15, 0.2) is 42.5 Å². The molecule has 0 spiro atoms. The maximum absolute atomic E-state index is 10.8. The summed E-state index contributed by atoms with van der Waals surface area (Å²) in [6.07, 6.45) is 0.173. The van der Waals surface area contributed by atoms with E-state index in [2.05, 4.69) is 11.4 Å². The van der Waals surface area contributed by atoms with Crippen molar-refractivity contribution in [2.24, 2.45) is 0 Å². The van der Waals surface area contributed by atoms with Crippen LogP contribution in [0.5, 0.6) is 5.75 Å². The minimum absolute atomic E-state index is 0.109. The minimum Gasteiger partial charge on any atom is -0.476 e. The van der Waals surface area contributed by atoms with Gasteiger partial charge in [0.05, 0.1) is 4.92 Å². The predicted octanol–water partition coefficient (Wildman–Crippen LogP) is 4.20. The number of aryl methyl sites for hydroxylation is 1. The maximum atomic E-state index is 10.8. The first-order valence-corrected chi connectivity index (χ1v) is 7.67. The lowest BCUT2D eigenvalue weighted by atomic mass is 10.1. The van der Waals surface area contributed by atoms with E-state index < -0.39 is 6.10 Å². The van der Waals surface area contributed by atoms with E-state index in [9.17, 15) is 10.1 Å². The zero-order chi connectivity index (χ0) is 17.5. The Morgan fingerprint density at radius 1 is 1.33 bits per heavy atom. The standard InChI is InChI=1S/C18H19N3O3/c1-3-16(11-19)24-17-6-4-5-14(10-17)12-20-15-7-8-18(21(22)23)13(2)9-15/h4-10,16,20H,3,12H2,1-2H3. The Bertz CT molecular complexity index is 768. The molecule has 0 saturated carbocycles. The lowest BCUT2D eigenvalue weighted by Gasteiger charge is -2.12. The number of nitrogens with one attached hydrogen (secondary N) is 1. The molecule has 6 heteroatoms. The maximum Gasteiger partial charge on any atom is 0.272 e. The summed E-state index contributed by atoms with van der Waals surface area (Å²) in [5, 5.41) is 23.0. The summed E-state index contributed by atoms with van der Waals surface area (Å²) in [6, 6.07) is 14.6. The molecule has 0 radical (unpaired) electrons. The van der Waals surface area contributed by atoms with Gasteiger partial charge >= 0.3 is 0 Å². The molecule has 0 saturated heterocycles. The van der Waals surface area contributed by atoms with Gasteiger partial charge in [-0.05, 0) is 43.2 Å². The molecule has 0 aliphatic heterocycles. The molecule has 0 fully saturated rings. The third kappa shape index (κ3) is 4.46. The normalized spacial score (nSPS) is 11.4. The molecule has 1 unspecified atom stereocenters. The second kappa shape index (κ2) is 7.97. The number of rotatable bonds is 7. The molecular weight excluding hydrogens is 306 g/mol. The highest BCUT2D eigenvalue weighted by Crippen LogP contribution is 2.22. The molecule has 0 aromatic heterocycles. The van der Waals surface area contributed by atoms with Crippen LogP contribution in [-0.4, -0.2) is 11.0 Å². The van der Waals surface area contributed by atoms with Gasteiger partial charge in [0.2, 0.25) is 0 Å². The number of nitro benzene ring substituents is 1. The lowest BCUT2D eigenvalue weighted by molar-refractivity contribution is -0.385. The summed E-state index contributed by atoms with van der Waals surface area (Å²) in [4.78, 5) is 10.4.